The monoisotopic (exact) mass is 213 g/mol. The Bertz CT molecular complexity index is 112. The van der Waals surface area contributed by atoms with Gasteiger partial charge in [0.05, 0.1) is 0 Å². The lowest BCUT2D eigenvalue weighted by Gasteiger charge is -2.19. The summed E-state index contributed by atoms with van der Waals surface area (Å²) in [6.07, 6.45) is 11.2. The summed E-state index contributed by atoms with van der Waals surface area (Å²) in [5, 5.41) is 0. The molecule has 0 unspecified atom stereocenters. The Labute approximate surface area is 97.2 Å². The van der Waals surface area contributed by atoms with Crippen molar-refractivity contribution >= 4 is 0 Å². The summed E-state index contributed by atoms with van der Waals surface area (Å²) < 4.78 is 0. The Kier molecular flexibility index (Phi) is 12.0. The molecule has 0 aliphatic heterocycles. The molecule has 0 rings (SSSR count). The van der Waals surface area contributed by atoms with E-state index in [0.29, 0.717) is 0 Å². The minimum absolute atomic E-state index is 1.23. The van der Waals surface area contributed by atoms with E-state index in [1.54, 1.807) is 0 Å². The Hall–Kier alpha value is -0.0400. The fourth-order valence-corrected chi connectivity index (χ4v) is 1.93. The van der Waals surface area contributed by atoms with E-state index in [0.717, 1.165) is 0 Å². The first-order valence-electron chi connectivity index (χ1n) is 7.07. The normalized spacial score (nSPS) is 11.2. The van der Waals surface area contributed by atoms with Crippen molar-refractivity contribution in [2.24, 2.45) is 0 Å². The first-order valence-corrected chi connectivity index (χ1v) is 7.07. The van der Waals surface area contributed by atoms with Crippen LogP contribution in [0, 0.1) is 0 Å². The number of nitrogens with zero attached hydrogens (tertiary/aromatic N) is 1. The van der Waals surface area contributed by atoms with Crippen LogP contribution in [0.2, 0.25) is 0 Å². The van der Waals surface area contributed by atoms with Gasteiger partial charge in [-0.1, -0.05) is 59.3 Å². The zero-order valence-electron chi connectivity index (χ0n) is 11.2. The van der Waals surface area contributed by atoms with Gasteiger partial charge < -0.3 is 4.90 Å². The summed E-state index contributed by atoms with van der Waals surface area (Å²) >= 11 is 0. The van der Waals surface area contributed by atoms with E-state index < -0.39 is 0 Å². The maximum Gasteiger partial charge on any atom is -0.00189 e. The molecule has 0 atom stereocenters. The molecule has 0 aliphatic rings. The molecule has 0 radical (unpaired) electrons. The van der Waals surface area contributed by atoms with Crippen molar-refractivity contribution < 1.29 is 0 Å². The fraction of sp³-hybridized carbons (Fsp3) is 1.00. The van der Waals surface area contributed by atoms with Crippen LogP contribution in [-0.4, -0.2) is 24.5 Å². The summed E-state index contributed by atoms with van der Waals surface area (Å²) in [6.45, 7) is 10.7. The Morgan fingerprint density at radius 3 is 1.73 bits per heavy atom. The molecule has 0 aromatic heterocycles. The third-order valence-corrected chi connectivity index (χ3v) is 3.10. The molecule has 0 fully saturated rings. The van der Waals surface area contributed by atoms with Gasteiger partial charge in [-0.15, -0.1) is 0 Å². The highest BCUT2D eigenvalue weighted by molar-refractivity contribution is 4.55. The molecule has 0 heterocycles. The highest BCUT2D eigenvalue weighted by atomic mass is 15.1. The standard InChI is InChI=1S/C14H31N/c1-4-7-9-10-11-12-14-15(6-3)13-8-5-2/h4-14H2,1-3H3. The zero-order chi connectivity index (χ0) is 11.4. The van der Waals surface area contributed by atoms with Crippen LogP contribution >= 0.6 is 0 Å². The van der Waals surface area contributed by atoms with Crippen LogP contribution in [0.25, 0.3) is 0 Å². The molecular formula is C14H31N. The highest BCUT2D eigenvalue weighted by Crippen LogP contribution is 2.06. The molecule has 1 nitrogen and oxygen atoms in total. The first kappa shape index (κ1) is 15.0. The predicted molar refractivity (Wildman–Crippen MR) is 70.4 cm³/mol. The van der Waals surface area contributed by atoms with Gasteiger partial charge in [-0.05, 0) is 32.5 Å². The largest absolute Gasteiger partial charge is 0.304 e. The molecule has 0 aromatic carbocycles. The molecule has 0 amide bonds. The third kappa shape index (κ3) is 10.2. The molecule has 15 heavy (non-hydrogen) atoms. The summed E-state index contributed by atoms with van der Waals surface area (Å²) in [7, 11) is 0. The van der Waals surface area contributed by atoms with E-state index in [1.165, 1.54) is 71.0 Å². The van der Waals surface area contributed by atoms with E-state index in [-0.39, 0.29) is 0 Å². The van der Waals surface area contributed by atoms with E-state index >= 15 is 0 Å². The van der Waals surface area contributed by atoms with E-state index in [1.807, 2.05) is 0 Å². The maximum absolute atomic E-state index is 2.60. The molecule has 0 saturated carbocycles. The summed E-state index contributed by atoms with van der Waals surface area (Å²) in [5.74, 6) is 0. The van der Waals surface area contributed by atoms with Crippen LogP contribution in [0.15, 0.2) is 0 Å². The van der Waals surface area contributed by atoms with Crippen molar-refractivity contribution in [3.63, 3.8) is 0 Å². The molecule has 1 heteroatoms. The fourth-order valence-electron chi connectivity index (χ4n) is 1.93. The lowest BCUT2D eigenvalue weighted by molar-refractivity contribution is 0.276. The van der Waals surface area contributed by atoms with Gasteiger partial charge in [-0.3, -0.25) is 0 Å². The molecule has 0 saturated heterocycles. The molecule has 92 valence electrons. The van der Waals surface area contributed by atoms with E-state index in [4.69, 9.17) is 0 Å². The van der Waals surface area contributed by atoms with E-state index in [2.05, 4.69) is 25.7 Å². The lowest BCUT2D eigenvalue weighted by atomic mass is 10.1. The minimum atomic E-state index is 1.23. The van der Waals surface area contributed by atoms with Crippen LogP contribution in [0.4, 0.5) is 0 Å². The molecule has 0 bridgehead atoms. The number of hydrogen-bond donors (Lipinski definition) is 0. The SMILES string of the molecule is CCCCCCCCN(CC)CCCC. The second-order valence-electron chi connectivity index (χ2n) is 4.56. The smallest absolute Gasteiger partial charge is 0.00189 e. The summed E-state index contributed by atoms with van der Waals surface area (Å²) in [5.41, 5.74) is 0. The second kappa shape index (κ2) is 12.0. The predicted octanol–water partition coefficient (Wildman–Crippen LogP) is 4.47. The van der Waals surface area contributed by atoms with Gasteiger partial charge in [-0.25, -0.2) is 0 Å². The average Bonchev–Trinajstić information content (AvgIpc) is 2.27. The van der Waals surface area contributed by atoms with E-state index in [9.17, 15) is 0 Å². The van der Waals surface area contributed by atoms with Crippen molar-refractivity contribution in [2.45, 2.75) is 72.1 Å². The van der Waals surface area contributed by atoms with Crippen LogP contribution in [-0.2, 0) is 0 Å². The quantitative estimate of drug-likeness (QED) is 0.458. The number of unbranched alkanes of at least 4 members (excludes halogenated alkanes) is 6. The Balaban J connectivity index is 3.22. The van der Waals surface area contributed by atoms with Gasteiger partial charge >= 0.3 is 0 Å². The summed E-state index contributed by atoms with van der Waals surface area (Å²) in [6, 6.07) is 0. The molecule has 0 spiro atoms. The maximum atomic E-state index is 2.60. The number of rotatable bonds is 11. The number of hydrogen-bond acceptors (Lipinski definition) is 1. The molecular weight excluding hydrogens is 182 g/mol. The zero-order valence-corrected chi connectivity index (χ0v) is 11.2. The van der Waals surface area contributed by atoms with Gasteiger partial charge in [0.2, 0.25) is 0 Å². The van der Waals surface area contributed by atoms with Crippen LogP contribution in [0.1, 0.15) is 72.1 Å². The van der Waals surface area contributed by atoms with Gasteiger partial charge in [-0.2, -0.15) is 0 Å². The van der Waals surface area contributed by atoms with Gasteiger partial charge in [0.15, 0.2) is 0 Å². The average molecular weight is 213 g/mol. The highest BCUT2D eigenvalue weighted by Gasteiger charge is 2.00. The van der Waals surface area contributed by atoms with Crippen molar-refractivity contribution in [3.05, 3.63) is 0 Å². The Morgan fingerprint density at radius 2 is 1.13 bits per heavy atom. The lowest BCUT2D eigenvalue weighted by Crippen LogP contribution is -2.25. The summed E-state index contributed by atoms with van der Waals surface area (Å²) in [4.78, 5) is 2.60. The molecule has 0 N–H and O–H groups in total. The van der Waals surface area contributed by atoms with Crippen molar-refractivity contribution in [1.29, 1.82) is 0 Å². The van der Waals surface area contributed by atoms with Gasteiger partial charge in [0.25, 0.3) is 0 Å². The Morgan fingerprint density at radius 1 is 0.600 bits per heavy atom. The van der Waals surface area contributed by atoms with Crippen LogP contribution < -0.4 is 0 Å². The molecule has 0 aliphatic carbocycles. The van der Waals surface area contributed by atoms with Crippen molar-refractivity contribution in [2.75, 3.05) is 19.6 Å². The van der Waals surface area contributed by atoms with Crippen LogP contribution in [0.3, 0.4) is 0 Å². The third-order valence-electron chi connectivity index (χ3n) is 3.10. The van der Waals surface area contributed by atoms with Gasteiger partial charge in [0.1, 0.15) is 0 Å². The van der Waals surface area contributed by atoms with Crippen LogP contribution in [0.5, 0.6) is 0 Å². The topological polar surface area (TPSA) is 3.24 Å². The first-order chi connectivity index (χ1) is 7.35. The minimum Gasteiger partial charge on any atom is -0.304 e. The van der Waals surface area contributed by atoms with Crippen molar-refractivity contribution in [1.82, 2.24) is 4.90 Å². The molecule has 0 aromatic rings. The van der Waals surface area contributed by atoms with Gasteiger partial charge in [0, 0.05) is 0 Å². The second-order valence-corrected chi connectivity index (χ2v) is 4.56. The van der Waals surface area contributed by atoms with Crippen molar-refractivity contribution in [3.8, 4) is 0 Å².